The predicted molar refractivity (Wildman–Crippen MR) is 98.6 cm³/mol. The van der Waals surface area contributed by atoms with Gasteiger partial charge in [-0.1, -0.05) is 30.3 Å². The van der Waals surface area contributed by atoms with Crippen LogP contribution in [-0.2, 0) is 6.42 Å². The van der Waals surface area contributed by atoms with Crippen molar-refractivity contribution in [3.05, 3.63) is 65.2 Å². The molecule has 1 aliphatic rings. The largest absolute Gasteiger partial charge is 0.389 e. The van der Waals surface area contributed by atoms with Gasteiger partial charge in [0.05, 0.1) is 23.8 Å². The number of aliphatic hydroxyl groups excluding tert-OH is 1. The second-order valence-corrected chi connectivity index (χ2v) is 5.88. The van der Waals surface area contributed by atoms with Gasteiger partial charge in [-0.05, 0) is 42.8 Å². The average Bonchev–Trinajstić information content (AvgIpc) is 3.00. The zero-order valence-electron chi connectivity index (χ0n) is 13.6. The third kappa shape index (κ3) is 3.54. The summed E-state index contributed by atoms with van der Waals surface area (Å²) in [4.78, 5) is 2.26. The summed E-state index contributed by atoms with van der Waals surface area (Å²) in [6, 6.07) is 17.9. The molecule has 0 fully saturated rings. The van der Waals surface area contributed by atoms with E-state index in [1.807, 2.05) is 31.3 Å². The molecular weight excluding hydrogens is 322 g/mol. The van der Waals surface area contributed by atoms with E-state index in [2.05, 4.69) is 34.5 Å². The molecule has 5 heteroatoms. The maximum Gasteiger partial charge on any atom is 0.0991 e. The first-order chi connectivity index (χ1) is 11.2. The van der Waals surface area contributed by atoms with E-state index in [0.717, 1.165) is 18.5 Å². The number of likely N-dealkylation sites (N-methyl/N-ethyl adjacent to an activating group) is 1. The van der Waals surface area contributed by atoms with Gasteiger partial charge in [0, 0.05) is 18.8 Å². The van der Waals surface area contributed by atoms with Crippen LogP contribution < -0.4 is 10.2 Å². The molecule has 2 N–H and O–H groups in total. The molecular formula is C19H22ClN3O. The summed E-state index contributed by atoms with van der Waals surface area (Å²) in [6.07, 6.45) is 0.428. The third-order valence-corrected chi connectivity index (χ3v) is 4.39. The van der Waals surface area contributed by atoms with Gasteiger partial charge in [-0.25, -0.2) is 0 Å². The van der Waals surface area contributed by atoms with Gasteiger partial charge in [-0.3, -0.25) is 0 Å². The molecule has 3 rings (SSSR count). The molecule has 0 aliphatic carbocycles. The summed E-state index contributed by atoms with van der Waals surface area (Å²) in [7, 11) is 1.84. The summed E-state index contributed by atoms with van der Waals surface area (Å²) >= 11 is 0. The van der Waals surface area contributed by atoms with Crippen LogP contribution in [0.5, 0.6) is 0 Å². The monoisotopic (exact) mass is 343 g/mol. The van der Waals surface area contributed by atoms with E-state index in [4.69, 9.17) is 0 Å². The molecule has 1 heterocycles. The molecule has 1 aliphatic heterocycles. The van der Waals surface area contributed by atoms with Crippen LogP contribution in [0.4, 0.5) is 5.69 Å². The van der Waals surface area contributed by atoms with Crippen molar-refractivity contribution in [1.82, 2.24) is 5.32 Å². The molecule has 0 radical (unpaired) electrons. The lowest BCUT2D eigenvalue weighted by Crippen LogP contribution is -2.40. The quantitative estimate of drug-likeness (QED) is 0.876. The fourth-order valence-electron chi connectivity index (χ4n) is 3.38. The Morgan fingerprint density at radius 3 is 2.79 bits per heavy atom. The van der Waals surface area contributed by atoms with Crippen molar-refractivity contribution in [2.75, 3.05) is 25.0 Å². The summed E-state index contributed by atoms with van der Waals surface area (Å²) in [5.41, 5.74) is 4.08. The van der Waals surface area contributed by atoms with Crippen molar-refractivity contribution in [2.24, 2.45) is 0 Å². The van der Waals surface area contributed by atoms with Gasteiger partial charge in [0.25, 0.3) is 0 Å². The van der Waals surface area contributed by atoms with Gasteiger partial charge in [0.1, 0.15) is 0 Å². The summed E-state index contributed by atoms with van der Waals surface area (Å²) in [6.45, 7) is 1.38. The number of aliphatic hydroxyl groups is 1. The number of nitrogens with zero attached hydrogens (tertiary/aromatic N) is 2. The maximum absolute atomic E-state index is 10.7. The number of anilines is 1. The number of hydrogen-bond donors (Lipinski definition) is 2. The van der Waals surface area contributed by atoms with Crippen LogP contribution in [0.1, 0.15) is 22.7 Å². The Balaban J connectivity index is 0.00000208. The Morgan fingerprint density at radius 2 is 2.04 bits per heavy atom. The number of rotatable bonds is 5. The molecule has 0 saturated carbocycles. The number of para-hydroxylation sites is 1. The SMILES string of the molecule is CNCC(O)[C@H](c1cccc(C#N)c1)N1CCc2ccccc21.Cl. The Morgan fingerprint density at radius 1 is 1.25 bits per heavy atom. The van der Waals surface area contributed by atoms with E-state index < -0.39 is 6.10 Å². The fourth-order valence-corrected chi connectivity index (χ4v) is 3.38. The van der Waals surface area contributed by atoms with Crippen LogP contribution in [0.25, 0.3) is 0 Å². The molecule has 1 unspecified atom stereocenters. The number of fused-ring (bicyclic) bond motifs is 1. The lowest BCUT2D eigenvalue weighted by molar-refractivity contribution is 0.141. The molecule has 126 valence electrons. The minimum absolute atomic E-state index is 0. The van der Waals surface area contributed by atoms with Crippen LogP contribution >= 0.6 is 12.4 Å². The van der Waals surface area contributed by atoms with E-state index in [1.165, 1.54) is 11.3 Å². The zero-order valence-corrected chi connectivity index (χ0v) is 14.5. The Bertz CT molecular complexity index is 729. The van der Waals surface area contributed by atoms with Crippen molar-refractivity contribution in [2.45, 2.75) is 18.6 Å². The highest BCUT2D eigenvalue weighted by molar-refractivity contribution is 5.85. The zero-order chi connectivity index (χ0) is 16.2. The highest BCUT2D eigenvalue weighted by atomic mass is 35.5. The van der Waals surface area contributed by atoms with E-state index in [0.29, 0.717) is 12.1 Å². The van der Waals surface area contributed by atoms with Crippen molar-refractivity contribution in [3.63, 3.8) is 0 Å². The van der Waals surface area contributed by atoms with E-state index in [1.54, 1.807) is 6.07 Å². The van der Waals surface area contributed by atoms with Gasteiger partial charge < -0.3 is 15.3 Å². The van der Waals surface area contributed by atoms with Gasteiger partial charge >= 0.3 is 0 Å². The number of halogens is 1. The first-order valence-electron chi connectivity index (χ1n) is 7.92. The molecule has 0 bridgehead atoms. The van der Waals surface area contributed by atoms with Crippen LogP contribution in [-0.4, -0.2) is 31.3 Å². The second kappa shape index (κ2) is 8.16. The Kier molecular flexibility index (Phi) is 6.22. The molecule has 24 heavy (non-hydrogen) atoms. The first-order valence-corrected chi connectivity index (χ1v) is 7.92. The normalized spacial score (nSPS) is 15.1. The van der Waals surface area contributed by atoms with Crippen molar-refractivity contribution in [1.29, 1.82) is 5.26 Å². The van der Waals surface area contributed by atoms with Crippen LogP contribution in [0.2, 0.25) is 0 Å². The summed E-state index contributed by atoms with van der Waals surface area (Å²) in [5, 5.41) is 22.9. The minimum Gasteiger partial charge on any atom is -0.389 e. The van der Waals surface area contributed by atoms with Crippen LogP contribution in [0, 0.1) is 11.3 Å². The molecule has 0 aromatic heterocycles. The molecule has 2 aromatic carbocycles. The number of hydrogen-bond acceptors (Lipinski definition) is 4. The standard InChI is InChI=1S/C19H21N3O.ClH/c1-21-13-18(23)19(16-7-4-5-14(11-16)12-20)22-10-9-15-6-2-3-8-17(15)22;/h2-8,11,18-19,21,23H,9-10,13H2,1H3;1H/t18?,19-;/m0./s1. The summed E-state index contributed by atoms with van der Waals surface area (Å²) in [5.74, 6) is 0. The first kappa shape index (κ1) is 18.3. The summed E-state index contributed by atoms with van der Waals surface area (Å²) < 4.78 is 0. The van der Waals surface area contributed by atoms with E-state index >= 15 is 0 Å². The number of nitrogens with one attached hydrogen (secondary N) is 1. The smallest absolute Gasteiger partial charge is 0.0991 e. The third-order valence-electron chi connectivity index (χ3n) is 4.39. The second-order valence-electron chi connectivity index (χ2n) is 5.88. The predicted octanol–water partition coefficient (Wildman–Crippen LogP) is 2.66. The number of nitriles is 1. The van der Waals surface area contributed by atoms with Gasteiger partial charge in [0.15, 0.2) is 0 Å². The van der Waals surface area contributed by atoms with E-state index in [9.17, 15) is 10.4 Å². The van der Waals surface area contributed by atoms with E-state index in [-0.39, 0.29) is 18.4 Å². The molecule has 2 aromatic rings. The Hall–Kier alpha value is -2.06. The Labute approximate surface area is 149 Å². The van der Waals surface area contributed by atoms with Crippen LogP contribution in [0.3, 0.4) is 0 Å². The topological polar surface area (TPSA) is 59.3 Å². The number of benzene rings is 2. The lowest BCUT2D eigenvalue weighted by Gasteiger charge is -2.34. The van der Waals surface area contributed by atoms with Crippen molar-refractivity contribution in [3.8, 4) is 6.07 Å². The van der Waals surface area contributed by atoms with Gasteiger partial charge in [-0.15, -0.1) is 12.4 Å². The molecule has 2 atom stereocenters. The highest BCUT2D eigenvalue weighted by Gasteiger charge is 2.31. The fraction of sp³-hybridized carbons (Fsp3) is 0.316. The van der Waals surface area contributed by atoms with Crippen molar-refractivity contribution < 1.29 is 5.11 Å². The van der Waals surface area contributed by atoms with Gasteiger partial charge in [-0.2, -0.15) is 5.26 Å². The molecule has 0 amide bonds. The molecule has 4 nitrogen and oxygen atoms in total. The highest BCUT2D eigenvalue weighted by Crippen LogP contribution is 2.36. The lowest BCUT2D eigenvalue weighted by atomic mass is 9.97. The van der Waals surface area contributed by atoms with Gasteiger partial charge in [0.2, 0.25) is 0 Å². The molecule has 0 spiro atoms. The average molecular weight is 344 g/mol. The minimum atomic E-state index is -0.555. The molecule has 0 saturated heterocycles. The van der Waals surface area contributed by atoms with Crippen molar-refractivity contribution >= 4 is 18.1 Å². The maximum atomic E-state index is 10.7. The van der Waals surface area contributed by atoms with Crippen LogP contribution in [0.15, 0.2) is 48.5 Å².